The van der Waals surface area contributed by atoms with Crippen LogP contribution in [-0.4, -0.2) is 48.9 Å². The highest BCUT2D eigenvalue weighted by Gasteiger charge is 2.35. The summed E-state index contributed by atoms with van der Waals surface area (Å²) in [4.78, 5) is 26.4. The smallest absolute Gasteiger partial charge is 0.318 e. The van der Waals surface area contributed by atoms with E-state index in [1.807, 2.05) is 38.2 Å². The van der Waals surface area contributed by atoms with Gasteiger partial charge in [-0.25, -0.2) is 4.79 Å². The van der Waals surface area contributed by atoms with Crippen LogP contribution in [0.1, 0.15) is 17.2 Å². The third-order valence-corrected chi connectivity index (χ3v) is 3.51. The highest BCUT2D eigenvalue weighted by Crippen LogP contribution is 2.20. The normalized spacial score (nSPS) is 17.2. The summed E-state index contributed by atoms with van der Waals surface area (Å²) in [6.45, 7) is 2.56. The van der Waals surface area contributed by atoms with Gasteiger partial charge in [-0.3, -0.25) is 9.69 Å². The summed E-state index contributed by atoms with van der Waals surface area (Å²) >= 11 is 0. The zero-order chi connectivity index (χ0) is 14.0. The van der Waals surface area contributed by atoms with Crippen LogP contribution in [0.15, 0.2) is 24.3 Å². The van der Waals surface area contributed by atoms with Gasteiger partial charge in [0, 0.05) is 13.6 Å². The number of hydrogen-bond acceptors (Lipinski definition) is 3. The molecule has 0 saturated carbocycles. The zero-order valence-electron chi connectivity index (χ0n) is 11.5. The molecule has 2 rings (SSSR count). The van der Waals surface area contributed by atoms with Crippen LogP contribution in [0.25, 0.3) is 0 Å². The summed E-state index contributed by atoms with van der Waals surface area (Å²) in [6, 6.07) is 7.72. The number of amides is 3. The number of imide groups is 1. The fourth-order valence-corrected chi connectivity index (χ4v) is 2.35. The Bertz CT molecular complexity index is 501. The number of rotatable bonds is 4. The number of benzene rings is 1. The van der Waals surface area contributed by atoms with Gasteiger partial charge in [0.1, 0.15) is 6.54 Å². The lowest BCUT2D eigenvalue weighted by Crippen LogP contribution is -2.38. The van der Waals surface area contributed by atoms with Gasteiger partial charge in [-0.15, -0.1) is 0 Å². The van der Waals surface area contributed by atoms with E-state index in [0.29, 0.717) is 6.54 Å². The van der Waals surface area contributed by atoms with Crippen molar-refractivity contribution in [2.24, 2.45) is 0 Å². The molecule has 0 bridgehead atoms. The van der Waals surface area contributed by atoms with Gasteiger partial charge in [-0.05, 0) is 25.1 Å². The Morgan fingerprint density at radius 3 is 2.53 bits per heavy atom. The predicted octanol–water partition coefficient (Wildman–Crippen LogP) is 1.15. The fourth-order valence-electron chi connectivity index (χ4n) is 2.35. The maximum Gasteiger partial charge on any atom is 0.327 e. The first kappa shape index (κ1) is 13.5. The van der Waals surface area contributed by atoms with Crippen molar-refractivity contribution in [3.63, 3.8) is 0 Å². The van der Waals surface area contributed by atoms with Crippen molar-refractivity contribution in [3.05, 3.63) is 35.4 Å². The summed E-state index contributed by atoms with van der Waals surface area (Å²) < 4.78 is 0. The van der Waals surface area contributed by atoms with Gasteiger partial charge in [-0.1, -0.05) is 24.3 Å². The largest absolute Gasteiger partial charge is 0.327 e. The number of aryl methyl sites for hydroxylation is 1. The number of nitrogens with zero attached hydrogens (tertiary/aromatic N) is 2. The summed E-state index contributed by atoms with van der Waals surface area (Å²) in [7, 11) is 3.48. The van der Waals surface area contributed by atoms with E-state index < -0.39 is 0 Å². The first-order valence-corrected chi connectivity index (χ1v) is 6.33. The first-order valence-electron chi connectivity index (χ1n) is 6.33. The lowest BCUT2D eigenvalue weighted by molar-refractivity contribution is -0.125. The molecule has 0 aliphatic carbocycles. The molecule has 1 atom stereocenters. The first-order chi connectivity index (χ1) is 9.04. The topological polar surface area (TPSA) is 52.7 Å². The lowest BCUT2D eigenvalue weighted by Gasteiger charge is -2.23. The van der Waals surface area contributed by atoms with Crippen molar-refractivity contribution in [1.82, 2.24) is 15.1 Å². The molecule has 0 spiro atoms. The molecular formula is C14H19N3O2. The molecule has 102 valence electrons. The van der Waals surface area contributed by atoms with Crippen LogP contribution in [0.2, 0.25) is 0 Å². The van der Waals surface area contributed by atoms with E-state index in [-0.39, 0.29) is 24.5 Å². The second-order valence-electron chi connectivity index (χ2n) is 4.84. The second kappa shape index (κ2) is 5.40. The van der Waals surface area contributed by atoms with E-state index in [1.165, 1.54) is 9.80 Å². The molecule has 0 aromatic heterocycles. The number of urea groups is 1. The van der Waals surface area contributed by atoms with E-state index in [1.54, 1.807) is 7.05 Å². The maximum atomic E-state index is 11.9. The minimum atomic E-state index is -0.223. The number of carbonyl (C=O) groups is 2. The molecule has 1 heterocycles. The number of carbonyl (C=O) groups excluding carboxylic acids is 2. The van der Waals surface area contributed by atoms with Crippen molar-refractivity contribution < 1.29 is 9.59 Å². The monoisotopic (exact) mass is 261 g/mol. The number of likely N-dealkylation sites (N-methyl/N-ethyl adjacent to an activating group) is 2. The van der Waals surface area contributed by atoms with E-state index in [4.69, 9.17) is 0 Å². The molecule has 1 N–H and O–H groups in total. The summed E-state index contributed by atoms with van der Waals surface area (Å²) in [5, 5.41) is 3.18. The quantitative estimate of drug-likeness (QED) is 0.827. The number of nitrogens with one attached hydrogen (secondary N) is 1. The minimum Gasteiger partial charge on any atom is -0.318 e. The van der Waals surface area contributed by atoms with E-state index in [2.05, 4.69) is 5.32 Å². The highest BCUT2D eigenvalue weighted by molar-refractivity contribution is 6.01. The van der Waals surface area contributed by atoms with Crippen molar-refractivity contribution in [2.75, 3.05) is 27.2 Å². The van der Waals surface area contributed by atoms with Gasteiger partial charge in [0.05, 0.1) is 6.04 Å². The zero-order valence-corrected chi connectivity index (χ0v) is 11.5. The van der Waals surface area contributed by atoms with Crippen molar-refractivity contribution in [1.29, 1.82) is 0 Å². The van der Waals surface area contributed by atoms with E-state index in [9.17, 15) is 9.59 Å². The standard InChI is InChI=1S/C14H19N3O2/c1-10-6-4-5-7-11(10)12(15-2)8-17-13(18)9-16(3)14(17)19/h4-7,12,15H,8-9H2,1-3H3. The Hall–Kier alpha value is -1.88. The highest BCUT2D eigenvalue weighted by atomic mass is 16.2. The molecule has 1 aliphatic heterocycles. The van der Waals surface area contributed by atoms with Gasteiger partial charge < -0.3 is 10.2 Å². The van der Waals surface area contributed by atoms with Crippen LogP contribution in [-0.2, 0) is 4.79 Å². The molecule has 1 aliphatic rings. The summed E-state index contributed by atoms with van der Waals surface area (Å²) in [5.74, 6) is -0.138. The van der Waals surface area contributed by atoms with Crippen molar-refractivity contribution in [3.8, 4) is 0 Å². The molecule has 1 fully saturated rings. The van der Waals surface area contributed by atoms with Gasteiger partial charge in [0.25, 0.3) is 0 Å². The molecule has 3 amide bonds. The summed E-state index contributed by atoms with van der Waals surface area (Å²) in [6.07, 6.45) is 0. The van der Waals surface area contributed by atoms with Gasteiger partial charge in [-0.2, -0.15) is 0 Å². The van der Waals surface area contributed by atoms with Crippen LogP contribution in [0, 0.1) is 6.92 Å². The molecule has 0 radical (unpaired) electrons. The Balaban J connectivity index is 2.19. The Kier molecular flexibility index (Phi) is 3.85. The maximum absolute atomic E-state index is 11.9. The molecule has 1 aromatic carbocycles. The second-order valence-corrected chi connectivity index (χ2v) is 4.84. The van der Waals surface area contributed by atoms with Crippen molar-refractivity contribution >= 4 is 11.9 Å². The van der Waals surface area contributed by atoms with Crippen LogP contribution in [0.4, 0.5) is 4.79 Å². The Labute approximate surface area is 113 Å². The van der Waals surface area contributed by atoms with Gasteiger partial charge in [0.2, 0.25) is 5.91 Å². The Morgan fingerprint density at radius 2 is 2.00 bits per heavy atom. The van der Waals surface area contributed by atoms with Crippen LogP contribution in [0.3, 0.4) is 0 Å². The number of hydrogen-bond donors (Lipinski definition) is 1. The lowest BCUT2D eigenvalue weighted by atomic mass is 10.0. The van der Waals surface area contributed by atoms with E-state index in [0.717, 1.165) is 11.1 Å². The predicted molar refractivity (Wildman–Crippen MR) is 72.7 cm³/mol. The van der Waals surface area contributed by atoms with Gasteiger partial charge >= 0.3 is 6.03 Å². The van der Waals surface area contributed by atoms with Crippen LogP contribution in [0.5, 0.6) is 0 Å². The van der Waals surface area contributed by atoms with E-state index >= 15 is 0 Å². The fraction of sp³-hybridized carbons (Fsp3) is 0.429. The minimum absolute atomic E-state index is 0.0411. The molecule has 1 unspecified atom stereocenters. The molecule has 1 aromatic rings. The molecular weight excluding hydrogens is 242 g/mol. The molecule has 5 nitrogen and oxygen atoms in total. The Morgan fingerprint density at radius 1 is 1.32 bits per heavy atom. The van der Waals surface area contributed by atoms with Crippen molar-refractivity contribution in [2.45, 2.75) is 13.0 Å². The average Bonchev–Trinajstić information content (AvgIpc) is 2.63. The summed E-state index contributed by atoms with van der Waals surface area (Å²) in [5.41, 5.74) is 2.26. The van der Waals surface area contributed by atoms with Crippen LogP contribution < -0.4 is 5.32 Å². The average molecular weight is 261 g/mol. The molecule has 1 saturated heterocycles. The molecule has 5 heteroatoms. The third-order valence-electron chi connectivity index (χ3n) is 3.51. The third kappa shape index (κ3) is 2.61. The SMILES string of the molecule is CNC(CN1C(=O)CN(C)C1=O)c1ccccc1C. The molecule has 19 heavy (non-hydrogen) atoms. The van der Waals surface area contributed by atoms with Crippen LogP contribution >= 0.6 is 0 Å². The van der Waals surface area contributed by atoms with Gasteiger partial charge in [0.15, 0.2) is 0 Å².